The van der Waals surface area contributed by atoms with Crippen LogP contribution in [0.2, 0.25) is 0 Å². The van der Waals surface area contributed by atoms with E-state index in [1.54, 1.807) is 6.07 Å². The standard InChI is InChI=1S/C17H23F2NO/c18-14-6-5-13(11-15(14)19)12-16(21)17(7-1-2-8-17)20-9-3-4-10-20/h5-6,11,16,21H,1-4,7-10,12H2. The van der Waals surface area contributed by atoms with Crippen molar-refractivity contribution in [3.8, 4) is 0 Å². The van der Waals surface area contributed by atoms with Gasteiger partial charge in [-0.1, -0.05) is 18.9 Å². The van der Waals surface area contributed by atoms with E-state index in [1.807, 2.05) is 0 Å². The lowest BCUT2D eigenvalue weighted by Crippen LogP contribution is -2.54. The summed E-state index contributed by atoms with van der Waals surface area (Å²) in [7, 11) is 0. The van der Waals surface area contributed by atoms with E-state index in [9.17, 15) is 13.9 Å². The number of likely N-dealkylation sites (tertiary alicyclic amines) is 1. The third kappa shape index (κ3) is 2.84. The highest BCUT2D eigenvalue weighted by Crippen LogP contribution is 2.41. The van der Waals surface area contributed by atoms with Gasteiger partial charge < -0.3 is 5.11 Å². The smallest absolute Gasteiger partial charge is 0.159 e. The van der Waals surface area contributed by atoms with Gasteiger partial charge in [0.2, 0.25) is 0 Å². The van der Waals surface area contributed by atoms with Crippen molar-refractivity contribution in [2.75, 3.05) is 13.1 Å². The van der Waals surface area contributed by atoms with Crippen LogP contribution < -0.4 is 0 Å². The van der Waals surface area contributed by atoms with E-state index < -0.39 is 17.7 Å². The Bertz CT molecular complexity index is 494. The van der Waals surface area contributed by atoms with Crippen LogP contribution in [-0.2, 0) is 6.42 Å². The topological polar surface area (TPSA) is 23.5 Å². The van der Waals surface area contributed by atoms with Crippen molar-refractivity contribution in [1.29, 1.82) is 0 Å². The molecule has 2 aliphatic rings. The fourth-order valence-corrected chi connectivity index (χ4v) is 4.09. The van der Waals surface area contributed by atoms with Crippen LogP contribution in [0, 0.1) is 11.6 Å². The van der Waals surface area contributed by atoms with Crippen molar-refractivity contribution < 1.29 is 13.9 Å². The first-order valence-electron chi connectivity index (χ1n) is 7.99. The van der Waals surface area contributed by atoms with E-state index in [1.165, 1.54) is 18.9 Å². The zero-order valence-corrected chi connectivity index (χ0v) is 12.3. The van der Waals surface area contributed by atoms with Gasteiger partial charge in [0.15, 0.2) is 11.6 Å². The molecule has 2 nitrogen and oxygen atoms in total. The highest BCUT2D eigenvalue weighted by molar-refractivity contribution is 5.20. The van der Waals surface area contributed by atoms with Gasteiger partial charge in [-0.2, -0.15) is 0 Å². The summed E-state index contributed by atoms with van der Waals surface area (Å²) in [4.78, 5) is 2.44. The molecule has 1 heterocycles. The Labute approximate surface area is 124 Å². The molecule has 0 radical (unpaired) electrons. The van der Waals surface area contributed by atoms with Gasteiger partial charge in [-0.05, 0) is 56.5 Å². The second kappa shape index (κ2) is 6.01. The maximum Gasteiger partial charge on any atom is 0.159 e. The van der Waals surface area contributed by atoms with E-state index in [2.05, 4.69) is 4.90 Å². The summed E-state index contributed by atoms with van der Waals surface area (Å²) >= 11 is 0. The van der Waals surface area contributed by atoms with Crippen molar-refractivity contribution in [2.24, 2.45) is 0 Å². The number of nitrogens with zero attached hydrogens (tertiary/aromatic N) is 1. The summed E-state index contributed by atoms with van der Waals surface area (Å²) < 4.78 is 26.3. The predicted octanol–water partition coefficient (Wildman–Crippen LogP) is 3.28. The molecule has 1 unspecified atom stereocenters. The van der Waals surface area contributed by atoms with Gasteiger partial charge in [-0.15, -0.1) is 0 Å². The summed E-state index contributed by atoms with van der Waals surface area (Å²) in [5, 5.41) is 10.8. The Kier molecular flexibility index (Phi) is 4.27. The maximum atomic E-state index is 13.3. The van der Waals surface area contributed by atoms with E-state index in [0.29, 0.717) is 12.0 Å². The van der Waals surface area contributed by atoms with Crippen molar-refractivity contribution in [2.45, 2.75) is 56.6 Å². The van der Waals surface area contributed by atoms with E-state index >= 15 is 0 Å². The average Bonchev–Trinajstić information content (AvgIpc) is 3.13. The highest BCUT2D eigenvalue weighted by Gasteiger charge is 2.45. The molecule has 1 atom stereocenters. The molecule has 2 fully saturated rings. The molecule has 0 aromatic heterocycles. The second-order valence-electron chi connectivity index (χ2n) is 6.47. The Morgan fingerprint density at radius 1 is 1.05 bits per heavy atom. The van der Waals surface area contributed by atoms with E-state index in [0.717, 1.165) is 44.8 Å². The molecule has 0 spiro atoms. The normalized spacial score (nSPS) is 23.6. The van der Waals surface area contributed by atoms with Gasteiger partial charge in [0.25, 0.3) is 0 Å². The van der Waals surface area contributed by atoms with Gasteiger partial charge in [0.1, 0.15) is 0 Å². The average molecular weight is 295 g/mol. The predicted molar refractivity (Wildman–Crippen MR) is 78.1 cm³/mol. The molecular weight excluding hydrogens is 272 g/mol. The number of halogens is 2. The number of aliphatic hydroxyl groups is 1. The first-order valence-corrected chi connectivity index (χ1v) is 7.99. The maximum absolute atomic E-state index is 13.3. The van der Waals surface area contributed by atoms with Gasteiger partial charge in [-0.25, -0.2) is 8.78 Å². The summed E-state index contributed by atoms with van der Waals surface area (Å²) in [6, 6.07) is 3.94. The van der Waals surface area contributed by atoms with Crippen molar-refractivity contribution >= 4 is 0 Å². The number of rotatable bonds is 4. The zero-order valence-electron chi connectivity index (χ0n) is 12.3. The number of aliphatic hydroxyl groups excluding tert-OH is 1. The van der Waals surface area contributed by atoms with Crippen LogP contribution in [-0.4, -0.2) is 34.7 Å². The minimum absolute atomic E-state index is 0.151. The Morgan fingerprint density at radius 2 is 1.71 bits per heavy atom. The molecule has 0 bridgehead atoms. The number of hydrogen-bond acceptors (Lipinski definition) is 2. The first-order chi connectivity index (χ1) is 10.1. The molecule has 1 aromatic rings. The molecule has 116 valence electrons. The van der Waals surface area contributed by atoms with Gasteiger partial charge in [-0.3, -0.25) is 4.90 Å². The van der Waals surface area contributed by atoms with Crippen LogP contribution in [0.4, 0.5) is 8.78 Å². The SMILES string of the molecule is OC(Cc1ccc(F)c(F)c1)C1(N2CCCC2)CCCC1. The molecule has 1 aliphatic heterocycles. The van der Waals surface area contributed by atoms with Gasteiger partial charge in [0, 0.05) is 12.0 Å². The molecule has 21 heavy (non-hydrogen) atoms. The molecule has 4 heteroatoms. The van der Waals surface area contributed by atoms with Gasteiger partial charge in [0.05, 0.1) is 6.10 Å². The van der Waals surface area contributed by atoms with Crippen LogP contribution in [0.15, 0.2) is 18.2 Å². The zero-order chi connectivity index (χ0) is 14.9. The molecule has 3 rings (SSSR count). The highest BCUT2D eigenvalue weighted by atomic mass is 19.2. The summed E-state index contributed by atoms with van der Waals surface area (Å²) in [5.74, 6) is -1.66. The molecule has 1 aromatic carbocycles. The molecule has 1 aliphatic carbocycles. The lowest BCUT2D eigenvalue weighted by Gasteiger charge is -2.42. The Morgan fingerprint density at radius 3 is 2.33 bits per heavy atom. The van der Waals surface area contributed by atoms with Crippen molar-refractivity contribution in [3.05, 3.63) is 35.4 Å². The Balaban J connectivity index is 1.77. The minimum atomic E-state index is -0.832. The van der Waals surface area contributed by atoms with Crippen LogP contribution >= 0.6 is 0 Å². The number of benzene rings is 1. The summed E-state index contributed by atoms with van der Waals surface area (Å²) in [6.45, 7) is 2.10. The van der Waals surface area contributed by atoms with E-state index in [-0.39, 0.29) is 5.54 Å². The van der Waals surface area contributed by atoms with Crippen LogP contribution in [0.5, 0.6) is 0 Å². The summed E-state index contributed by atoms with van der Waals surface area (Å²) in [6.07, 6.45) is 6.59. The molecule has 1 N–H and O–H groups in total. The minimum Gasteiger partial charge on any atom is -0.391 e. The fourth-order valence-electron chi connectivity index (χ4n) is 4.09. The monoisotopic (exact) mass is 295 g/mol. The quantitative estimate of drug-likeness (QED) is 0.921. The van der Waals surface area contributed by atoms with Crippen molar-refractivity contribution in [1.82, 2.24) is 4.90 Å². The molecule has 1 saturated carbocycles. The lowest BCUT2D eigenvalue weighted by molar-refractivity contribution is -0.0172. The van der Waals surface area contributed by atoms with Crippen LogP contribution in [0.3, 0.4) is 0 Å². The second-order valence-corrected chi connectivity index (χ2v) is 6.47. The van der Waals surface area contributed by atoms with Gasteiger partial charge >= 0.3 is 0 Å². The Hall–Kier alpha value is -1.00. The first kappa shape index (κ1) is 14.9. The van der Waals surface area contributed by atoms with Crippen molar-refractivity contribution in [3.63, 3.8) is 0 Å². The number of hydrogen-bond donors (Lipinski definition) is 1. The third-order valence-electron chi connectivity index (χ3n) is 5.24. The fraction of sp³-hybridized carbons (Fsp3) is 0.647. The van der Waals surface area contributed by atoms with E-state index in [4.69, 9.17) is 0 Å². The van der Waals surface area contributed by atoms with Crippen LogP contribution in [0.25, 0.3) is 0 Å². The third-order valence-corrected chi connectivity index (χ3v) is 5.24. The molecular formula is C17H23F2NO. The molecule has 1 saturated heterocycles. The largest absolute Gasteiger partial charge is 0.391 e. The summed E-state index contributed by atoms with van der Waals surface area (Å²) in [5.41, 5.74) is 0.522. The van der Waals surface area contributed by atoms with Crippen LogP contribution in [0.1, 0.15) is 44.1 Å². The molecule has 0 amide bonds. The lowest BCUT2D eigenvalue weighted by atomic mass is 9.85.